The second-order valence-corrected chi connectivity index (χ2v) is 10.3. The molecule has 150 valence electrons. The zero-order valence-electron chi connectivity index (χ0n) is 18.8. The zero-order valence-corrected chi connectivity index (χ0v) is 18.8. The SMILES string of the molecule is CCC1CC(C)CCC1CCCC(C)C(C)C(C)CCCCC(C)C. The van der Waals surface area contributed by atoms with E-state index in [1.165, 1.54) is 70.6 Å². The van der Waals surface area contributed by atoms with Gasteiger partial charge in [-0.15, -0.1) is 0 Å². The van der Waals surface area contributed by atoms with Crippen molar-refractivity contribution in [3.63, 3.8) is 0 Å². The van der Waals surface area contributed by atoms with E-state index in [4.69, 9.17) is 0 Å². The highest BCUT2D eigenvalue weighted by Gasteiger charge is 2.27. The molecule has 0 aromatic heterocycles. The zero-order chi connectivity index (χ0) is 18.8. The summed E-state index contributed by atoms with van der Waals surface area (Å²) in [4.78, 5) is 0. The minimum atomic E-state index is 0.876. The number of hydrogen-bond acceptors (Lipinski definition) is 0. The Morgan fingerprint density at radius 3 is 1.96 bits per heavy atom. The molecule has 25 heavy (non-hydrogen) atoms. The Morgan fingerprint density at radius 2 is 1.36 bits per heavy atom. The van der Waals surface area contributed by atoms with Gasteiger partial charge in [0, 0.05) is 0 Å². The third kappa shape index (κ3) is 8.96. The van der Waals surface area contributed by atoms with Crippen LogP contribution in [0.2, 0.25) is 0 Å². The molecule has 0 heteroatoms. The lowest BCUT2D eigenvalue weighted by Crippen LogP contribution is -2.23. The van der Waals surface area contributed by atoms with Crippen molar-refractivity contribution in [2.45, 2.75) is 119 Å². The molecule has 0 N–H and O–H groups in total. The Labute approximate surface area is 160 Å². The van der Waals surface area contributed by atoms with E-state index in [1.807, 2.05) is 0 Å². The van der Waals surface area contributed by atoms with Crippen LogP contribution < -0.4 is 0 Å². The third-order valence-electron chi connectivity index (χ3n) is 7.65. The van der Waals surface area contributed by atoms with Crippen molar-refractivity contribution in [1.82, 2.24) is 0 Å². The van der Waals surface area contributed by atoms with Crippen LogP contribution in [0.1, 0.15) is 119 Å². The largest absolute Gasteiger partial charge is 0.0651 e. The van der Waals surface area contributed by atoms with Crippen LogP contribution >= 0.6 is 0 Å². The van der Waals surface area contributed by atoms with Crippen molar-refractivity contribution in [3.8, 4) is 0 Å². The van der Waals surface area contributed by atoms with Crippen LogP contribution in [-0.4, -0.2) is 0 Å². The third-order valence-corrected chi connectivity index (χ3v) is 7.65. The Balaban J connectivity index is 2.22. The molecule has 0 saturated heterocycles. The molecule has 6 atom stereocenters. The highest BCUT2D eigenvalue weighted by atomic mass is 14.3. The van der Waals surface area contributed by atoms with Gasteiger partial charge in [-0.2, -0.15) is 0 Å². The van der Waals surface area contributed by atoms with Crippen molar-refractivity contribution in [2.75, 3.05) is 0 Å². The maximum absolute atomic E-state index is 2.52. The summed E-state index contributed by atoms with van der Waals surface area (Å²) in [6.07, 6.45) is 16.1. The van der Waals surface area contributed by atoms with E-state index in [1.54, 1.807) is 0 Å². The van der Waals surface area contributed by atoms with Gasteiger partial charge in [0.2, 0.25) is 0 Å². The Kier molecular flexibility index (Phi) is 11.4. The molecule has 1 aliphatic rings. The minimum absolute atomic E-state index is 0.876. The van der Waals surface area contributed by atoms with Gasteiger partial charge < -0.3 is 0 Å². The second kappa shape index (κ2) is 12.4. The molecule has 0 bridgehead atoms. The highest BCUT2D eigenvalue weighted by molar-refractivity contribution is 4.78. The first kappa shape index (κ1) is 23.0. The summed E-state index contributed by atoms with van der Waals surface area (Å²) in [6, 6.07) is 0. The molecule has 0 amide bonds. The summed E-state index contributed by atoms with van der Waals surface area (Å²) < 4.78 is 0. The molecule has 0 radical (unpaired) electrons. The van der Waals surface area contributed by atoms with Gasteiger partial charge in [-0.05, 0) is 54.3 Å². The van der Waals surface area contributed by atoms with Gasteiger partial charge in [0.25, 0.3) is 0 Å². The Hall–Kier alpha value is 0. The van der Waals surface area contributed by atoms with Crippen LogP contribution in [0, 0.1) is 41.4 Å². The second-order valence-electron chi connectivity index (χ2n) is 10.3. The molecular formula is C25H50. The summed E-state index contributed by atoms with van der Waals surface area (Å²) in [6.45, 7) is 17.1. The van der Waals surface area contributed by atoms with E-state index in [0.29, 0.717) is 0 Å². The predicted octanol–water partition coefficient (Wildman–Crippen LogP) is 8.74. The van der Waals surface area contributed by atoms with E-state index in [2.05, 4.69) is 48.5 Å². The number of unbranched alkanes of at least 4 members (excludes halogenated alkanes) is 1. The average Bonchev–Trinajstić information content (AvgIpc) is 2.58. The monoisotopic (exact) mass is 350 g/mol. The summed E-state index contributed by atoms with van der Waals surface area (Å²) in [7, 11) is 0. The molecule has 0 aromatic rings. The normalized spacial score (nSPS) is 28.1. The van der Waals surface area contributed by atoms with Crippen LogP contribution in [0.3, 0.4) is 0 Å². The van der Waals surface area contributed by atoms with E-state index < -0.39 is 0 Å². The van der Waals surface area contributed by atoms with Gasteiger partial charge in [-0.25, -0.2) is 0 Å². The van der Waals surface area contributed by atoms with Crippen molar-refractivity contribution >= 4 is 0 Å². The lowest BCUT2D eigenvalue weighted by Gasteiger charge is -2.35. The molecule has 0 spiro atoms. The number of rotatable bonds is 12. The smallest absolute Gasteiger partial charge is 0.0386 e. The van der Waals surface area contributed by atoms with Gasteiger partial charge in [0.05, 0.1) is 0 Å². The average molecular weight is 351 g/mol. The summed E-state index contributed by atoms with van der Waals surface area (Å²) in [5.74, 6) is 6.63. The highest BCUT2D eigenvalue weighted by Crippen LogP contribution is 2.39. The van der Waals surface area contributed by atoms with Crippen LogP contribution in [0.25, 0.3) is 0 Å². The summed E-state index contributed by atoms with van der Waals surface area (Å²) in [5, 5.41) is 0. The summed E-state index contributed by atoms with van der Waals surface area (Å²) >= 11 is 0. The molecule has 0 nitrogen and oxygen atoms in total. The van der Waals surface area contributed by atoms with E-state index in [9.17, 15) is 0 Å². The quantitative estimate of drug-likeness (QED) is 0.308. The fourth-order valence-corrected chi connectivity index (χ4v) is 5.25. The summed E-state index contributed by atoms with van der Waals surface area (Å²) in [5.41, 5.74) is 0. The molecular weight excluding hydrogens is 300 g/mol. The van der Waals surface area contributed by atoms with Gasteiger partial charge in [-0.1, -0.05) is 106 Å². The molecule has 0 heterocycles. The minimum Gasteiger partial charge on any atom is -0.0651 e. The molecule has 6 unspecified atom stereocenters. The Morgan fingerprint density at radius 1 is 0.760 bits per heavy atom. The lowest BCUT2D eigenvalue weighted by atomic mass is 9.71. The lowest BCUT2D eigenvalue weighted by molar-refractivity contribution is 0.164. The fourth-order valence-electron chi connectivity index (χ4n) is 5.25. The first-order valence-electron chi connectivity index (χ1n) is 11.8. The van der Waals surface area contributed by atoms with Crippen molar-refractivity contribution in [1.29, 1.82) is 0 Å². The fraction of sp³-hybridized carbons (Fsp3) is 1.00. The van der Waals surface area contributed by atoms with Crippen LogP contribution in [0.5, 0.6) is 0 Å². The van der Waals surface area contributed by atoms with Crippen LogP contribution in [0.15, 0.2) is 0 Å². The maximum atomic E-state index is 2.52. The van der Waals surface area contributed by atoms with Gasteiger partial charge >= 0.3 is 0 Å². The standard InChI is InChI=1S/C25H50/c1-8-24-18-20(4)16-17-25(24)15-11-14-22(6)23(7)21(5)13-10-9-12-19(2)3/h19-25H,8-18H2,1-7H3. The van der Waals surface area contributed by atoms with Crippen LogP contribution in [-0.2, 0) is 0 Å². The van der Waals surface area contributed by atoms with Crippen molar-refractivity contribution < 1.29 is 0 Å². The predicted molar refractivity (Wildman–Crippen MR) is 115 cm³/mol. The molecule has 0 aromatic carbocycles. The first-order chi connectivity index (χ1) is 11.8. The topological polar surface area (TPSA) is 0 Å². The molecule has 0 aliphatic heterocycles. The number of hydrogen-bond donors (Lipinski definition) is 0. The van der Waals surface area contributed by atoms with Gasteiger partial charge in [0.15, 0.2) is 0 Å². The maximum Gasteiger partial charge on any atom is -0.0386 e. The van der Waals surface area contributed by atoms with Crippen LogP contribution in [0.4, 0.5) is 0 Å². The molecule has 1 fully saturated rings. The first-order valence-corrected chi connectivity index (χ1v) is 11.8. The van der Waals surface area contributed by atoms with E-state index in [0.717, 1.165) is 41.4 Å². The van der Waals surface area contributed by atoms with E-state index in [-0.39, 0.29) is 0 Å². The molecule has 1 saturated carbocycles. The van der Waals surface area contributed by atoms with E-state index >= 15 is 0 Å². The van der Waals surface area contributed by atoms with Gasteiger partial charge in [-0.3, -0.25) is 0 Å². The van der Waals surface area contributed by atoms with Crippen molar-refractivity contribution in [3.05, 3.63) is 0 Å². The van der Waals surface area contributed by atoms with Gasteiger partial charge in [0.1, 0.15) is 0 Å². The molecule has 1 aliphatic carbocycles. The molecule has 1 rings (SSSR count). The van der Waals surface area contributed by atoms with Crippen molar-refractivity contribution in [2.24, 2.45) is 41.4 Å². The Bertz CT molecular complexity index is 318.